The highest BCUT2D eigenvalue weighted by Crippen LogP contribution is 2.66. The maximum absolute atomic E-state index is 13.5. The number of esters is 1. The standard InChI is InChI=1S/C35H45Cl2NO6/c1-33-14-12-26(39)20-24(33)8-11-27-28-13-15-35(43,34(28,2)21-29(40)32(27)33)30(41)22-44-31(42)5-3-4-23-6-9-25(10-7-23)38(18-16-36)19-17-37/h6-10,12,14,27-29,32,40,43H,3-5,11,13,15-22H2,1-2H3/t27-,28-,29?,32+,33-,34-,35-/m1/s1. The Morgan fingerprint density at radius 1 is 1.11 bits per heavy atom. The number of carbonyl (C=O) groups is 3. The van der Waals surface area contributed by atoms with E-state index >= 15 is 0 Å². The van der Waals surface area contributed by atoms with Crippen molar-refractivity contribution >= 4 is 46.4 Å². The second-order valence-electron chi connectivity index (χ2n) is 13.6. The summed E-state index contributed by atoms with van der Waals surface area (Å²) in [5, 5.41) is 23.4. The molecule has 0 radical (unpaired) electrons. The second kappa shape index (κ2) is 13.3. The minimum atomic E-state index is -1.67. The topological polar surface area (TPSA) is 104 Å². The van der Waals surface area contributed by atoms with Crippen LogP contribution in [0.4, 0.5) is 5.69 Å². The van der Waals surface area contributed by atoms with Crippen LogP contribution in [0.5, 0.6) is 0 Å². The number of aryl methyl sites for hydroxylation is 1. The number of rotatable bonds is 12. The zero-order valence-corrected chi connectivity index (χ0v) is 27.3. The van der Waals surface area contributed by atoms with Crippen LogP contribution in [0.25, 0.3) is 0 Å². The molecule has 0 spiro atoms. The van der Waals surface area contributed by atoms with Gasteiger partial charge in [-0.1, -0.05) is 43.7 Å². The first kappa shape index (κ1) is 33.2. The molecule has 2 fully saturated rings. The lowest BCUT2D eigenvalue weighted by Gasteiger charge is -2.58. The third-order valence-corrected chi connectivity index (χ3v) is 11.6. The lowest BCUT2D eigenvalue weighted by molar-refractivity contribution is -0.179. The quantitative estimate of drug-likeness (QED) is 0.178. The van der Waals surface area contributed by atoms with Crippen LogP contribution in [0, 0.1) is 28.6 Å². The van der Waals surface area contributed by atoms with Crippen molar-refractivity contribution in [2.45, 2.75) is 76.9 Å². The van der Waals surface area contributed by atoms with Crippen molar-refractivity contribution in [3.8, 4) is 0 Å². The number of hydrogen-bond donors (Lipinski definition) is 2. The fourth-order valence-corrected chi connectivity index (χ4v) is 9.33. The number of halogens is 2. The number of ether oxygens (including phenoxy) is 1. The van der Waals surface area contributed by atoms with Gasteiger partial charge in [0.1, 0.15) is 5.60 Å². The molecule has 1 unspecified atom stereocenters. The van der Waals surface area contributed by atoms with Crippen LogP contribution in [0.3, 0.4) is 0 Å². The van der Waals surface area contributed by atoms with Gasteiger partial charge in [-0.25, -0.2) is 0 Å². The second-order valence-corrected chi connectivity index (χ2v) is 14.3. The summed E-state index contributed by atoms with van der Waals surface area (Å²) in [6.45, 7) is 4.98. The van der Waals surface area contributed by atoms with E-state index < -0.39 is 40.9 Å². The average Bonchev–Trinajstić information content (AvgIpc) is 3.27. The molecule has 9 heteroatoms. The number of hydrogen-bond acceptors (Lipinski definition) is 7. The summed E-state index contributed by atoms with van der Waals surface area (Å²) in [5.41, 5.74) is 0.304. The number of anilines is 1. The van der Waals surface area contributed by atoms with Crippen molar-refractivity contribution in [1.29, 1.82) is 0 Å². The van der Waals surface area contributed by atoms with Crippen molar-refractivity contribution < 1.29 is 29.3 Å². The molecule has 44 heavy (non-hydrogen) atoms. The maximum Gasteiger partial charge on any atom is 0.306 e. The van der Waals surface area contributed by atoms with Crippen LogP contribution in [0.15, 0.2) is 48.1 Å². The van der Waals surface area contributed by atoms with Crippen LogP contribution in [0.2, 0.25) is 0 Å². The van der Waals surface area contributed by atoms with Crippen molar-refractivity contribution in [2.75, 3.05) is 36.4 Å². The first-order chi connectivity index (χ1) is 21.0. The smallest absolute Gasteiger partial charge is 0.306 e. The summed E-state index contributed by atoms with van der Waals surface area (Å²) >= 11 is 11.8. The normalized spacial score (nSPS) is 34.0. The summed E-state index contributed by atoms with van der Waals surface area (Å²) in [5.74, 6) is 0.200. The average molecular weight is 647 g/mol. The highest BCUT2D eigenvalue weighted by molar-refractivity contribution is 6.18. The SMILES string of the molecule is C[C@@]12C=CC(=O)CC1=CC[C@H]1[C@H]2C(O)C[C@]2(C)[C@@H]1CC[C@@]2(O)C(=O)COC(=O)CCCc1ccc(N(CCCl)CCCl)cc1. The zero-order chi connectivity index (χ0) is 31.7. The third kappa shape index (κ3) is 6.02. The van der Waals surface area contributed by atoms with Crippen molar-refractivity contribution in [3.05, 3.63) is 53.6 Å². The van der Waals surface area contributed by atoms with E-state index in [2.05, 4.69) is 17.9 Å². The van der Waals surface area contributed by atoms with E-state index in [0.717, 1.165) is 23.2 Å². The summed E-state index contributed by atoms with van der Waals surface area (Å²) in [4.78, 5) is 40.3. The number of nitrogens with zero attached hydrogens (tertiary/aromatic N) is 1. The number of aliphatic hydroxyl groups excluding tert-OH is 1. The Morgan fingerprint density at radius 2 is 1.82 bits per heavy atom. The third-order valence-electron chi connectivity index (χ3n) is 11.3. The molecule has 4 aliphatic carbocycles. The Labute approximate surface area is 270 Å². The van der Waals surface area contributed by atoms with Gasteiger partial charge in [0, 0.05) is 60.1 Å². The first-order valence-electron chi connectivity index (χ1n) is 15.9. The Kier molecular flexibility index (Phi) is 10.0. The zero-order valence-electron chi connectivity index (χ0n) is 25.8. The fraction of sp³-hybridized carbons (Fsp3) is 0.629. The number of benzene rings is 1. The number of carbonyl (C=O) groups excluding carboxylic acids is 3. The molecule has 5 rings (SSSR count). The molecule has 4 aliphatic rings. The monoisotopic (exact) mass is 645 g/mol. The molecule has 2 saturated carbocycles. The van der Waals surface area contributed by atoms with E-state index in [-0.39, 0.29) is 42.8 Å². The van der Waals surface area contributed by atoms with Gasteiger partial charge in [0.25, 0.3) is 0 Å². The van der Waals surface area contributed by atoms with Crippen molar-refractivity contribution in [3.63, 3.8) is 0 Å². The van der Waals surface area contributed by atoms with Gasteiger partial charge in [-0.3, -0.25) is 14.4 Å². The molecular formula is C35H45Cl2NO6. The Hall–Kier alpha value is -2.19. The number of aliphatic hydroxyl groups is 2. The number of alkyl halides is 2. The predicted octanol–water partition coefficient (Wildman–Crippen LogP) is 5.42. The minimum absolute atomic E-state index is 0.0320. The molecule has 0 heterocycles. The van der Waals surface area contributed by atoms with Crippen LogP contribution in [-0.4, -0.2) is 70.9 Å². The van der Waals surface area contributed by atoms with Crippen LogP contribution < -0.4 is 4.90 Å². The van der Waals surface area contributed by atoms with E-state index in [1.165, 1.54) is 0 Å². The Morgan fingerprint density at radius 3 is 2.50 bits per heavy atom. The number of ketones is 2. The minimum Gasteiger partial charge on any atom is -0.458 e. The molecular weight excluding hydrogens is 601 g/mol. The van der Waals surface area contributed by atoms with Crippen LogP contribution >= 0.6 is 23.2 Å². The van der Waals surface area contributed by atoms with Crippen LogP contribution in [0.1, 0.15) is 64.4 Å². The van der Waals surface area contributed by atoms with Gasteiger partial charge < -0.3 is 19.8 Å². The summed E-state index contributed by atoms with van der Waals surface area (Å²) in [7, 11) is 0. The predicted molar refractivity (Wildman–Crippen MR) is 172 cm³/mol. The van der Waals surface area contributed by atoms with E-state index in [0.29, 0.717) is 50.5 Å². The number of allylic oxidation sites excluding steroid dienone is 4. The largest absolute Gasteiger partial charge is 0.458 e. The van der Waals surface area contributed by atoms with Gasteiger partial charge in [0.05, 0.1) is 6.10 Å². The van der Waals surface area contributed by atoms with E-state index in [9.17, 15) is 24.6 Å². The highest BCUT2D eigenvalue weighted by atomic mass is 35.5. The van der Waals surface area contributed by atoms with Gasteiger partial charge in [0.2, 0.25) is 5.78 Å². The van der Waals surface area contributed by atoms with E-state index in [1.54, 1.807) is 6.08 Å². The molecule has 0 aromatic heterocycles. The molecule has 240 valence electrons. The lowest BCUT2D eigenvalue weighted by atomic mass is 9.47. The fourth-order valence-electron chi connectivity index (χ4n) is 8.92. The highest BCUT2D eigenvalue weighted by Gasteiger charge is 2.68. The van der Waals surface area contributed by atoms with E-state index in [1.807, 2.05) is 37.3 Å². The molecule has 7 atom stereocenters. The first-order valence-corrected chi connectivity index (χ1v) is 17.0. The Bertz CT molecular complexity index is 1310. The molecule has 0 amide bonds. The molecule has 0 bridgehead atoms. The molecule has 7 nitrogen and oxygen atoms in total. The van der Waals surface area contributed by atoms with Crippen LogP contribution in [-0.2, 0) is 25.5 Å². The van der Waals surface area contributed by atoms with Gasteiger partial charge in [-0.15, -0.1) is 23.2 Å². The van der Waals surface area contributed by atoms with Gasteiger partial charge in [-0.2, -0.15) is 0 Å². The molecule has 0 aliphatic heterocycles. The number of fused-ring (bicyclic) bond motifs is 5. The molecule has 1 aromatic carbocycles. The molecule has 0 saturated heterocycles. The van der Waals surface area contributed by atoms with Crippen molar-refractivity contribution in [1.82, 2.24) is 0 Å². The van der Waals surface area contributed by atoms with Gasteiger partial charge >= 0.3 is 5.97 Å². The Balaban J connectivity index is 1.15. The lowest BCUT2D eigenvalue weighted by Crippen LogP contribution is -2.61. The van der Waals surface area contributed by atoms with Crippen molar-refractivity contribution in [2.24, 2.45) is 28.6 Å². The van der Waals surface area contributed by atoms with Gasteiger partial charge in [0.15, 0.2) is 12.4 Å². The molecule has 2 N–H and O–H groups in total. The number of Topliss-reactive ketones (excluding diaryl/α,β-unsaturated/α-hetero) is 1. The summed E-state index contributed by atoms with van der Waals surface area (Å²) in [6, 6.07) is 8.12. The van der Waals surface area contributed by atoms with E-state index in [4.69, 9.17) is 27.9 Å². The maximum atomic E-state index is 13.5. The summed E-state index contributed by atoms with van der Waals surface area (Å²) < 4.78 is 5.39. The molecule has 1 aromatic rings. The summed E-state index contributed by atoms with van der Waals surface area (Å²) in [6.07, 6.45) is 8.78. The van der Waals surface area contributed by atoms with Gasteiger partial charge in [-0.05, 0) is 74.1 Å².